The smallest absolute Gasteiger partial charge is 0.248 e. The van der Waals surface area contributed by atoms with Gasteiger partial charge in [0.15, 0.2) is 0 Å². The lowest BCUT2D eigenvalue weighted by atomic mass is 9.93. The van der Waals surface area contributed by atoms with Gasteiger partial charge in [0.2, 0.25) is 5.91 Å². The van der Waals surface area contributed by atoms with E-state index in [1.54, 1.807) is 0 Å². The largest absolute Gasteiger partial charge is 0.365 e. The van der Waals surface area contributed by atoms with Gasteiger partial charge in [0.25, 0.3) is 0 Å². The van der Waals surface area contributed by atoms with Crippen molar-refractivity contribution in [1.82, 2.24) is 10.6 Å². The summed E-state index contributed by atoms with van der Waals surface area (Å²) in [5, 5.41) is 6.54. The van der Waals surface area contributed by atoms with E-state index in [9.17, 15) is 4.79 Å². The second-order valence-electron chi connectivity index (χ2n) is 6.68. The van der Waals surface area contributed by atoms with Crippen LogP contribution in [-0.2, 0) is 9.53 Å². The van der Waals surface area contributed by atoms with Crippen molar-refractivity contribution in [2.75, 3.05) is 13.1 Å². The standard InChI is InChI=1S/C17H34N2O2/c1-5-11-18-15-6-8-16(9-7-15)21-14(4)17(20)19-12-10-13(2)3/h13-16,18H,5-12H2,1-4H3,(H,19,20). The van der Waals surface area contributed by atoms with Crippen LogP contribution in [0.5, 0.6) is 0 Å². The molecule has 0 bridgehead atoms. The van der Waals surface area contributed by atoms with Crippen molar-refractivity contribution in [2.45, 2.75) is 84.5 Å². The summed E-state index contributed by atoms with van der Waals surface area (Å²) in [5.74, 6) is 0.648. The number of carbonyl (C=O) groups excluding carboxylic acids is 1. The Kier molecular flexibility index (Phi) is 8.93. The molecule has 1 rings (SSSR count). The highest BCUT2D eigenvalue weighted by Gasteiger charge is 2.24. The molecule has 0 aliphatic heterocycles. The third kappa shape index (κ3) is 7.82. The van der Waals surface area contributed by atoms with E-state index in [4.69, 9.17) is 4.74 Å². The molecule has 1 amide bonds. The fourth-order valence-corrected chi connectivity index (χ4v) is 2.73. The van der Waals surface area contributed by atoms with Crippen LogP contribution in [0, 0.1) is 5.92 Å². The minimum absolute atomic E-state index is 0.0295. The maximum Gasteiger partial charge on any atom is 0.248 e. The van der Waals surface area contributed by atoms with Gasteiger partial charge in [-0.2, -0.15) is 0 Å². The molecule has 2 N–H and O–H groups in total. The lowest BCUT2D eigenvalue weighted by Gasteiger charge is -2.30. The van der Waals surface area contributed by atoms with Gasteiger partial charge in [-0.1, -0.05) is 20.8 Å². The third-order valence-corrected chi connectivity index (χ3v) is 4.14. The average Bonchev–Trinajstić information content (AvgIpc) is 2.46. The zero-order chi connectivity index (χ0) is 15.7. The van der Waals surface area contributed by atoms with Gasteiger partial charge in [0, 0.05) is 12.6 Å². The zero-order valence-electron chi connectivity index (χ0n) is 14.3. The Morgan fingerprint density at radius 2 is 1.81 bits per heavy atom. The van der Waals surface area contributed by atoms with Gasteiger partial charge in [-0.15, -0.1) is 0 Å². The highest BCUT2D eigenvalue weighted by Crippen LogP contribution is 2.22. The normalized spacial score (nSPS) is 24.0. The van der Waals surface area contributed by atoms with Crippen molar-refractivity contribution in [3.05, 3.63) is 0 Å². The summed E-state index contributed by atoms with van der Waals surface area (Å²) in [7, 11) is 0. The van der Waals surface area contributed by atoms with Crippen molar-refractivity contribution in [2.24, 2.45) is 5.92 Å². The summed E-state index contributed by atoms with van der Waals surface area (Å²) in [5.41, 5.74) is 0. The van der Waals surface area contributed by atoms with E-state index >= 15 is 0 Å². The molecule has 1 fully saturated rings. The molecule has 0 radical (unpaired) electrons. The molecular weight excluding hydrogens is 264 g/mol. The van der Waals surface area contributed by atoms with E-state index in [-0.39, 0.29) is 18.1 Å². The zero-order valence-corrected chi connectivity index (χ0v) is 14.3. The molecule has 0 aromatic heterocycles. The van der Waals surface area contributed by atoms with E-state index in [1.165, 1.54) is 6.42 Å². The van der Waals surface area contributed by atoms with Crippen LogP contribution in [0.25, 0.3) is 0 Å². The quantitative estimate of drug-likeness (QED) is 0.688. The van der Waals surface area contributed by atoms with Gasteiger partial charge in [-0.05, 0) is 57.9 Å². The third-order valence-electron chi connectivity index (χ3n) is 4.14. The summed E-state index contributed by atoms with van der Waals surface area (Å²) in [6, 6.07) is 0.639. The number of rotatable bonds is 9. The number of hydrogen-bond donors (Lipinski definition) is 2. The van der Waals surface area contributed by atoms with Crippen LogP contribution in [0.2, 0.25) is 0 Å². The second-order valence-corrected chi connectivity index (χ2v) is 6.68. The van der Waals surface area contributed by atoms with Crippen molar-refractivity contribution < 1.29 is 9.53 Å². The van der Waals surface area contributed by atoms with Crippen LogP contribution < -0.4 is 10.6 Å². The maximum atomic E-state index is 12.0. The maximum absolute atomic E-state index is 12.0. The first-order valence-corrected chi connectivity index (χ1v) is 8.69. The van der Waals surface area contributed by atoms with Gasteiger partial charge in [-0.25, -0.2) is 0 Å². The van der Waals surface area contributed by atoms with E-state index in [0.717, 1.165) is 45.2 Å². The Morgan fingerprint density at radius 3 is 2.38 bits per heavy atom. The van der Waals surface area contributed by atoms with Crippen LogP contribution in [0.1, 0.15) is 66.2 Å². The highest BCUT2D eigenvalue weighted by molar-refractivity contribution is 5.80. The molecule has 124 valence electrons. The lowest BCUT2D eigenvalue weighted by Crippen LogP contribution is -2.40. The Hall–Kier alpha value is -0.610. The van der Waals surface area contributed by atoms with Crippen LogP contribution in [0.3, 0.4) is 0 Å². The predicted molar refractivity (Wildman–Crippen MR) is 87.3 cm³/mol. The molecule has 0 spiro atoms. The molecule has 4 nitrogen and oxygen atoms in total. The van der Waals surface area contributed by atoms with Crippen molar-refractivity contribution in [3.8, 4) is 0 Å². The van der Waals surface area contributed by atoms with Gasteiger partial charge in [-0.3, -0.25) is 4.79 Å². The Balaban J connectivity index is 2.17. The van der Waals surface area contributed by atoms with Gasteiger partial charge < -0.3 is 15.4 Å². The molecule has 0 saturated heterocycles. The molecule has 21 heavy (non-hydrogen) atoms. The second kappa shape index (κ2) is 10.2. The van der Waals surface area contributed by atoms with E-state index in [0.29, 0.717) is 12.0 Å². The molecule has 0 heterocycles. The van der Waals surface area contributed by atoms with Crippen molar-refractivity contribution in [1.29, 1.82) is 0 Å². The average molecular weight is 298 g/mol. The summed E-state index contributed by atoms with van der Waals surface area (Å²) in [4.78, 5) is 12.0. The van der Waals surface area contributed by atoms with E-state index < -0.39 is 0 Å². The first kappa shape index (κ1) is 18.4. The number of nitrogens with one attached hydrogen (secondary N) is 2. The molecule has 4 heteroatoms. The molecule has 1 aliphatic carbocycles. The summed E-state index contributed by atoms with van der Waals surface area (Å²) < 4.78 is 5.92. The molecule has 0 aromatic carbocycles. The predicted octanol–water partition coefficient (Wildman–Crippen LogP) is 2.86. The fourth-order valence-electron chi connectivity index (χ4n) is 2.73. The molecule has 0 aromatic rings. The van der Waals surface area contributed by atoms with Gasteiger partial charge in [0.1, 0.15) is 6.10 Å². The van der Waals surface area contributed by atoms with Gasteiger partial charge >= 0.3 is 0 Å². The van der Waals surface area contributed by atoms with Crippen molar-refractivity contribution in [3.63, 3.8) is 0 Å². The van der Waals surface area contributed by atoms with Crippen LogP contribution in [-0.4, -0.2) is 37.2 Å². The topological polar surface area (TPSA) is 50.4 Å². The summed E-state index contributed by atoms with van der Waals surface area (Å²) in [6.07, 6.45) is 6.56. The molecule has 1 aliphatic rings. The Labute approximate surface area is 130 Å². The molecular formula is C17H34N2O2. The van der Waals surface area contributed by atoms with Crippen LogP contribution in [0.4, 0.5) is 0 Å². The van der Waals surface area contributed by atoms with Gasteiger partial charge in [0.05, 0.1) is 6.10 Å². The van der Waals surface area contributed by atoms with Crippen LogP contribution in [0.15, 0.2) is 0 Å². The highest BCUT2D eigenvalue weighted by atomic mass is 16.5. The fraction of sp³-hybridized carbons (Fsp3) is 0.941. The minimum atomic E-state index is -0.331. The lowest BCUT2D eigenvalue weighted by molar-refractivity contribution is -0.136. The Bertz CT molecular complexity index is 287. The SMILES string of the molecule is CCCNC1CCC(OC(C)C(=O)NCCC(C)C)CC1. The summed E-state index contributed by atoms with van der Waals surface area (Å²) in [6.45, 7) is 10.2. The first-order chi connectivity index (χ1) is 10.0. The van der Waals surface area contributed by atoms with E-state index in [2.05, 4.69) is 31.4 Å². The number of carbonyl (C=O) groups is 1. The molecule has 1 unspecified atom stereocenters. The molecule has 1 saturated carbocycles. The number of amides is 1. The summed E-state index contributed by atoms with van der Waals surface area (Å²) >= 11 is 0. The molecule has 1 atom stereocenters. The first-order valence-electron chi connectivity index (χ1n) is 8.69. The van der Waals surface area contributed by atoms with E-state index in [1.807, 2.05) is 6.92 Å². The monoisotopic (exact) mass is 298 g/mol. The number of hydrogen-bond acceptors (Lipinski definition) is 3. The number of ether oxygens (including phenoxy) is 1. The van der Waals surface area contributed by atoms with Crippen molar-refractivity contribution >= 4 is 5.91 Å². The Morgan fingerprint density at radius 1 is 1.14 bits per heavy atom. The minimum Gasteiger partial charge on any atom is -0.365 e. The van der Waals surface area contributed by atoms with Crippen LogP contribution >= 0.6 is 0 Å².